The molecule has 9 heavy (non-hydrogen) atoms. The second kappa shape index (κ2) is 9.90. The van der Waals surface area contributed by atoms with Gasteiger partial charge in [-0.3, -0.25) is 4.70 Å². The van der Waals surface area contributed by atoms with Crippen LogP contribution in [0.3, 0.4) is 0 Å². The summed E-state index contributed by atoms with van der Waals surface area (Å²) in [6.07, 6.45) is 0. The fourth-order valence-electron chi connectivity index (χ4n) is 0. The molecule has 7 heteroatoms. The Morgan fingerprint density at radius 2 is 1.11 bits per heavy atom. The van der Waals surface area contributed by atoms with Crippen LogP contribution in [0.25, 0.3) is 0 Å². The molecule has 0 aliphatic rings. The van der Waals surface area contributed by atoms with Gasteiger partial charge in [0.15, 0.2) is 0 Å². The van der Waals surface area contributed by atoms with Crippen molar-refractivity contribution in [3.8, 4) is 0 Å². The van der Waals surface area contributed by atoms with E-state index in [0.717, 1.165) is 0 Å². The van der Waals surface area contributed by atoms with Gasteiger partial charge in [0.05, 0.1) is 0 Å². The Hall–Kier alpha value is -1.24. The second-order valence-electron chi connectivity index (χ2n) is 0.610. The van der Waals surface area contributed by atoms with Crippen molar-refractivity contribution in [2.45, 2.75) is 0 Å². The van der Waals surface area contributed by atoms with E-state index in [-0.39, 0.29) is 15.6 Å². The largest absolute Gasteiger partial charge is 1.00 e. The van der Waals surface area contributed by atoms with Gasteiger partial charge in [-0.1, -0.05) is 0 Å². The smallest absolute Gasteiger partial charge is 0.414 e. The molecule has 0 spiro atoms. The zero-order chi connectivity index (χ0) is 5.15. The molecule has 0 fully saturated rings. The highest BCUT2D eigenvalue weighted by molar-refractivity contribution is 6.27. The van der Waals surface area contributed by atoms with Crippen molar-refractivity contribution in [1.82, 2.24) is 6.15 Å². The lowest BCUT2D eigenvalue weighted by atomic mass is 10.7. The van der Waals surface area contributed by atoms with Crippen LogP contribution in [0.1, 0.15) is 0 Å². The van der Waals surface area contributed by atoms with E-state index < -0.39 is 11.9 Å². The average molecular weight is 147 g/mol. The van der Waals surface area contributed by atoms with E-state index >= 15 is 0 Å². The predicted octanol–water partition coefficient (Wildman–Crippen LogP) is -3.31. The molecule has 0 unspecified atom stereocenters. The first kappa shape index (κ1) is 25.1. The molecule has 0 aromatic carbocycles. The fraction of sp³-hybridized carbons (Fsp3) is 0. The van der Waals surface area contributed by atoms with E-state index in [0.29, 0.717) is 0 Å². The Morgan fingerprint density at radius 3 is 1.11 bits per heavy atom. The lowest BCUT2D eigenvalue weighted by Crippen LogP contribution is -3.00. The SMILES string of the molecule is F.O=C(O)C(=O)O.[F-].[NH4+]. The van der Waals surface area contributed by atoms with E-state index in [1.54, 1.807) is 0 Å². The van der Waals surface area contributed by atoms with Crippen LogP contribution in [-0.2, 0) is 9.59 Å². The van der Waals surface area contributed by atoms with Crippen molar-refractivity contribution in [1.29, 1.82) is 0 Å². The van der Waals surface area contributed by atoms with Crippen molar-refractivity contribution in [3.05, 3.63) is 0 Å². The highest BCUT2D eigenvalue weighted by atomic mass is 19.0. The lowest BCUT2D eigenvalue weighted by Gasteiger charge is -1.72. The summed E-state index contributed by atoms with van der Waals surface area (Å²) in [7, 11) is 0. The Kier molecular flexibility index (Phi) is 27.6. The summed E-state index contributed by atoms with van der Waals surface area (Å²) in [4.78, 5) is 18.2. The zero-order valence-electron chi connectivity index (χ0n) is 4.50. The monoisotopic (exact) mass is 147 g/mol. The predicted molar refractivity (Wildman–Crippen MR) is 23.8 cm³/mol. The zero-order valence-corrected chi connectivity index (χ0v) is 4.50. The summed E-state index contributed by atoms with van der Waals surface area (Å²) < 4.78 is 0. The van der Waals surface area contributed by atoms with Crippen LogP contribution in [-0.4, -0.2) is 22.2 Å². The van der Waals surface area contributed by atoms with Gasteiger partial charge >= 0.3 is 11.9 Å². The van der Waals surface area contributed by atoms with Crippen LogP contribution in [0.15, 0.2) is 0 Å². The minimum atomic E-state index is -1.82. The van der Waals surface area contributed by atoms with Gasteiger partial charge in [0.2, 0.25) is 0 Å². The summed E-state index contributed by atoms with van der Waals surface area (Å²) in [6, 6.07) is 0. The maximum Gasteiger partial charge on any atom is 0.414 e. The number of quaternary nitrogens is 1. The molecule has 0 radical (unpaired) electrons. The summed E-state index contributed by atoms with van der Waals surface area (Å²) >= 11 is 0. The molecule has 58 valence electrons. The van der Waals surface area contributed by atoms with Gasteiger partial charge in [-0.05, 0) is 0 Å². The van der Waals surface area contributed by atoms with Crippen LogP contribution < -0.4 is 10.9 Å². The van der Waals surface area contributed by atoms with Gasteiger partial charge in [-0.2, -0.15) is 0 Å². The second-order valence-corrected chi connectivity index (χ2v) is 0.610. The number of hydrogen-bond acceptors (Lipinski definition) is 2. The first-order valence-corrected chi connectivity index (χ1v) is 1.11. The average Bonchev–Trinajstić information content (AvgIpc) is 1.36. The quantitative estimate of drug-likeness (QED) is 0.311. The van der Waals surface area contributed by atoms with Crippen molar-refractivity contribution in [3.63, 3.8) is 0 Å². The van der Waals surface area contributed by atoms with Gasteiger partial charge in [0.25, 0.3) is 0 Å². The summed E-state index contributed by atoms with van der Waals surface area (Å²) in [6.45, 7) is 0. The lowest BCUT2D eigenvalue weighted by molar-refractivity contribution is -0.159. The van der Waals surface area contributed by atoms with Crippen molar-refractivity contribution >= 4 is 11.9 Å². The molecule has 0 aromatic rings. The molecule has 0 atom stereocenters. The summed E-state index contributed by atoms with van der Waals surface area (Å²) in [5, 5.41) is 14.8. The Bertz CT molecular complexity index is 82.6. The molecule has 0 bridgehead atoms. The summed E-state index contributed by atoms with van der Waals surface area (Å²) in [5.74, 6) is -3.65. The molecular weight excluding hydrogens is 140 g/mol. The number of carboxylic acids is 2. The summed E-state index contributed by atoms with van der Waals surface area (Å²) in [5.41, 5.74) is 0. The Morgan fingerprint density at radius 1 is 1.00 bits per heavy atom. The van der Waals surface area contributed by atoms with Crippen molar-refractivity contribution < 1.29 is 29.2 Å². The number of aliphatic carboxylic acids is 2. The van der Waals surface area contributed by atoms with Crippen LogP contribution in [0.5, 0.6) is 0 Å². The van der Waals surface area contributed by atoms with Crippen LogP contribution in [0, 0.1) is 0 Å². The van der Waals surface area contributed by atoms with E-state index in [1.165, 1.54) is 0 Å². The van der Waals surface area contributed by atoms with Crippen LogP contribution >= 0.6 is 0 Å². The first-order chi connectivity index (χ1) is 2.64. The molecule has 5 nitrogen and oxygen atoms in total. The molecule has 6 N–H and O–H groups in total. The molecule has 0 aliphatic heterocycles. The van der Waals surface area contributed by atoms with Gasteiger partial charge in [0, 0.05) is 0 Å². The van der Waals surface area contributed by atoms with E-state index in [1.807, 2.05) is 0 Å². The topological polar surface area (TPSA) is 111 Å². The van der Waals surface area contributed by atoms with Gasteiger partial charge in [0.1, 0.15) is 0 Å². The van der Waals surface area contributed by atoms with Gasteiger partial charge in [-0.25, -0.2) is 9.59 Å². The molecule has 0 amide bonds. The maximum absolute atomic E-state index is 9.10. The highest BCUT2D eigenvalue weighted by Gasteiger charge is 2.04. The Balaban J connectivity index is -0.0000000417. The standard InChI is InChI=1S/C2H2O4.2FH.H3N/c3-1(4)2(5)6;;;/h(H,3,4)(H,5,6);2*1H;1H3. The first-order valence-electron chi connectivity index (χ1n) is 1.11. The minimum Gasteiger partial charge on any atom is -1.00 e. The normalized spacial score (nSPS) is 4.89. The molecule has 0 heterocycles. The molecule has 0 aromatic heterocycles. The third-order valence-electron chi connectivity index (χ3n) is 0.183. The molecule has 0 saturated carbocycles. The van der Waals surface area contributed by atoms with E-state index in [9.17, 15) is 0 Å². The number of carboxylic acid groups (broad SMARTS) is 2. The van der Waals surface area contributed by atoms with Gasteiger partial charge < -0.3 is 21.1 Å². The molecule has 0 saturated heterocycles. The number of rotatable bonds is 0. The maximum atomic E-state index is 9.10. The van der Waals surface area contributed by atoms with E-state index in [4.69, 9.17) is 19.8 Å². The number of hydrogen-bond donors (Lipinski definition) is 3. The van der Waals surface area contributed by atoms with Crippen LogP contribution in [0.2, 0.25) is 0 Å². The fourth-order valence-corrected chi connectivity index (χ4v) is 0. The molecule has 0 rings (SSSR count). The number of halogens is 2. The van der Waals surface area contributed by atoms with Crippen molar-refractivity contribution in [2.24, 2.45) is 0 Å². The van der Waals surface area contributed by atoms with Gasteiger partial charge in [-0.15, -0.1) is 0 Å². The number of carbonyl (C=O) groups is 2. The molecular formula is C2H7F2NO4. The third kappa shape index (κ3) is 20.1. The molecule has 0 aliphatic carbocycles. The minimum absolute atomic E-state index is 0. The van der Waals surface area contributed by atoms with Crippen LogP contribution in [0.4, 0.5) is 4.70 Å². The van der Waals surface area contributed by atoms with Crippen molar-refractivity contribution in [2.75, 3.05) is 0 Å². The van der Waals surface area contributed by atoms with E-state index in [2.05, 4.69) is 0 Å². The highest BCUT2D eigenvalue weighted by Crippen LogP contribution is 1.56. The Labute approximate surface area is 48.6 Å². The third-order valence-corrected chi connectivity index (χ3v) is 0.183.